The predicted molar refractivity (Wildman–Crippen MR) is 66.1 cm³/mol. The fourth-order valence-electron chi connectivity index (χ4n) is 1.45. The summed E-state index contributed by atoms with van der Waals surface area (Å²) in [7, 11) is 1.45. The molecule has 0 saturated carbocycles. The maximum absolute atomic E-state index is 10.9. The second kappa shape index (κ2) is 7.68. The molecule has 0 bridgehead atoms. The first-order chi connectivity index (χ1) is 8.69. The van der Waals surface area contributed by atoms with Gasteiger partial charge in [-0.25, -0.2) is 4.79 Å². The van der Waals surface area contributed by atoms with Gasteiger partial charge < -0.3 is 19.3 Å². The van der Waals surface area contributed by atoms with Crippen molar-refractivity contribution in [1.29, 1.82) is 0 Å². The van der Waals surface area contributed by atoms with E-state index in [1.54, 1.807) is 12.1 Å². The summed E-state index contributed by atoms with van der Waals surface area (Å²) >= 11 is 0. The Morgan fingerprint density at radius 2 is 2.00 bits per heavy atom. The van der Waals surface area contributed by atoms with Gasteiger partial charge in [-0.2, -0.15) is 0 Å². The van der Waals surface area contributed by atoms with E-state index in [9.17, 15) is 4.79 Å². The Morgan fingerprint density at radius 3 is 2.61 bits per heavy atom. The quantitative estimate of drug-likeness (QED) is 0.718. The topological polar surface area (TPSA) is 65.0 Å². The molecule has 100 valence electrons. The standard InChI is InChI=1S/C13H18O5/c1-3-17-6-7-18-9-10-4-5-11(13(14)15)12(8-10)16-2/h4-5,8H,3,6-7,9H2,1-2H3,(H,14,15). The van der Waals surface area contributed by atoms with Crippen LogP contribution < -0.4 is 4.74 Å². The van der Waals surface area contributed by atoms with E-state index in [2.05, 4.69) is 0 Å². The average molecular weight is 254 g/mol. The van der Waals surface area contributed by atoms with Gasteiger partial charge in [-0.05, 0) is 24.6 Å². The van der Waals surface area contributed by atoms with Crippen LogP contribution in [0.2, 0.25) is 0 Å². The number of hydrogen-bond donors (Lipinski definition) is 1. The van der Waals surface area contributed by atoms with Gasteiger partial charge in [-0.1, -0.05) is 6.07 Å². The number of carboxylic acid groups (broad SMARTS) is 1. The Kier molecular flexibility index (Phi) is 6.18. The van der Waals surface area contributed by atoms with Crippen LogP contribution in [0.1, 0.15) is 22.8 Å². The molecular formula is C13H18O5. The zero-order chi connectivity index (χ0) is 13.4. The number of carbonyl (C=O) groups is 1. The summed E-state index contributed by atoms with van der Waals surface area (Å²) in [4.78, 5) is 10.9. The Balaban J connectivity index is 2.54. The smallest absolute Gasteiger partial charge is 0.339 e. The lowest BCUT2D eigenvalue weighted by molar-refractivity contribution is 0.0452. The first kappa shape index (κ1) is 14.5. The molecule has 0 atom stereocenters. The predicted octanol–water partition coefficient (Wildman–Crippen LogP) is 1.95. The molecule has 0 fully saturated rings. The van der Waals surface area contributed by atoms with Crippen molar-refractivity contribution in [2.45, 2.75) is 13.5 Å². The third-order valence-electron chi connectivity index (χ3n) is 2.34. The largest absolute Gasteiger partial charge is 0.496 e. The highest BCUT2D eigenvalue weighted by molar-refractivity contribution is 5.90. The molecule has 0 radical (unpaired) electrons. The number of rotatable bonds is 8. The Morgan fingerprint density at radius 1 is 1.28 bits per heavy atom. The molecule has 1 N–H and O–H groups in total. The lowest BCUT2D eigenvalue weighted by Crippen LogP contribution is -2.05. The minimum atomic E-state index is -1.00. The molecule has 1 aromatic carbocycles. The van der Waals surface area contributed by atoms with Gasteiger partial charge >= 0.3 is 5.97 Å². The maximum atomic E-state index is 10.9. The van der Waals surface area contributed by atoms with Crippen LogP contribution in [-0.2, 0) is 16.1 Å². The van der Waals surface area contributed by atoms with Gasteiger partial charge in [0, 0.05) is 6.61 Å². The van der Waals surface area contributed by atoms with Gasteiger partial charge in [0.05, 0.1) is 26.9 Å². The summed E-state index contributed by atoms with van der Waals surface area (Å²) in [6, 6.07) is 4.90. The molecule has 0 aliphatic carbocycles. The van der Waals surface area contributed by atoms with E-state index in [4.69, 9.17) is 19.3 Å². The van der Waals surface area contributed by atoms with Crippen LogP contribution in [0.15, 0.2) is 18.2 Å². The zero-order valence-corrected chi connectivity index (χ0v) is 10.6. The van der Waals surface area contributed by atoms with Gasteiger partial charge in [0.2, 0.25) is 0 Å². The Labute approximate surface area is 106 Å². The summed E-state index contributed by atoms with van der Waals surface area (Å²) < 4.78 is 15.6. The molecule has 0 saturated heterocycles. The molecule has 5 nitrogen and oxygen atoms in total. The van der Waals surface area contributed by atoms with E-state index in [-0.39, 0.29) is 5.56 Å². The monoisotopic (exact) mass is 254 g/mol. The fourth-order valence-corrected chi connectivity index (χ4v) is 1.45. The zero-order valence-electron chi connectivity index (χ0n) is 10.6. The van der Waals surface area contributed by atoms with Crippen molar-refractivity contribution in [3.8, 4) is 5.75 Å². The van der Waals surface area contributed by atoms with Crippen LogP contribution in [0, 0.1) is 0 Å². The van der Waals surface area contributed by atoms with Crippen molar-refractivity contribution in [2.24, 2.45) is 0 Å². The molecule has 1 rings (SSSR count). The maximum Gasteiger partial charge on any atom is 0.339 e. The van der Waals surface area contributed by atoms with Crippen molar-refractivity contribution in [2.75, 3.05) is 26.9 Å². The summed E-state index contributed by atoms with van der Waals surface area (Å²) in [6.45, 7) is 4.07. The van der Waals surface area contributed by atoms with E-state index in [1.807, 2.05) is 6.92 Å². The number of carboxylic acids is 1. The summed E-state index contributed by atoms with van der Waals surface area (Å²) in [5, 5.41) is 8.93. The SMILES string of the molecule is CCOCCOCc1ccc(C(=O)O)c(OC)c1. The second-order valence-corrected chi connectivity index (χ2v) is 3.59. The van der Waals surface area contributed by atoms with Gasteiger partial charge in [0.25, 0.3) is 0 Å². The first-order valence-electron chi connectivity index (χ1n) is 5.74. The third kappa shape index (κ3) is 4.35. The fraction of sp³-hybridized carbons (Fsp3) is 0.462. The molecule has 5 heteroatoms. The highest BCUT2D eigenvalue weighted by Gasteiger charge is 2.10. The van der Waals surface area contributed by atoms with Crippen molar-refractivity contribution in [3.63, 3.8) is 0 Å². The summed E-state index contributed by atoms with van der Waals surface area (Å²) in [6.07, 6.45) is 0. The number of methoxy groups -OCH3 is 1. The molecule has 0 unspecified atom stereocenters. The van der Waals surface area contributed by atoms with Gasteiger partial charge in [-0.3, -0.25) is 0 Å². The number of hydrogen-bond acceptors (Lipinski definition) is 4. The Hall–Kier alpha value is -1.59. The van der Waals surface area contributed by atoms with Crippen LogP contribution in [0.3, 0.4) is 0 Å². The molecule has 18 heavy (non-hydrogen) atoms. The van der Waals surface area contributed by atoms with E-state index in [0.717, 1.165) is 5.56 Å². The van der Waals surface area contributed by atoms with E-state index in [0.29, 0.717) is 32.2 Å². The molecule has 0 aliphatic rings. The number of aromatic carboxylic acids is 1. The third-order valence-corrected chi connectivity index (χ3v) is 2.34. The molecule has 1 aromatic rings. The minimum absolute atomic E-state index is 0.149. The molecule has 0 aliphatic heterocycles. The molecular weight excluding hydrogens is 236 g/mol. The summed E-state index contributed by atoms with van der Waals surface area (Å²) in [5.74, 6) is -0.663. The second-order valence-electron chi connectivity index (χ2n) is 3.59. The van der Waals surface area contributed by atoms with Crippen molar-refractivity contribution in [3.05, 3.63) is 29.3 Å². The van der Waals surface area contributed by atoms with Crippen molar-refractivity contribution in [1.82, 2.24) is 0 Å². The van der Waals surface area contributed by atoms with E-state index in [1.165, 1.54) is 13.2 Å². The first-order valence-corrected chi connectivity index (χ1v) is 5.74. The van der Waals surface area contributed by atoms with Crippen molar-refractivity contribution < 1.29 is 24.1 Å². The Bertz CT molecular complexity index is 389. The minimum Gasteiger partial charge on any atom is -0.496 e. The average Bonchev–Trinajstić information content (AvgIpc) is 2.38. The molecule has 0 spiro atoms. The lowest BCUT2D eigenvalue weighted by atomic mass is 10.1. The molecule has 0 amide bonds. The van der Waals surface area contributed by atoms with Crippen LogP contribution in [0.4, 0.5) is 0 Å². The number of ether oxygens (including phenoxy) is 3. The van der Waals surface area contributed by atoms with Crippen LogP contribution in [0.5, 0.6) is 5.75 Å². The van der Waals surface area contributed by atoms with Gasteiger partial charge in [0.15, 0.2) is 0 Å². The molecule has 0 aromatic heterocycles. The van der Waals surface area contributed by atoms with Gasteiger partial charge in [-0.15, -0.1) is 0 Å². The summed E-state index contributed by atoms with van der Waals surface area (Å²) in [5.41, 5.74) is 1.02. The number of benzene rings is 1. The normalized spacial score (nSPS) is 10.3. The lowest BCUT2D eigenvalue weighted by Gasteiger charge is -2.08. The van der Waals surface area contributed by atoms with E-state index >= 15 is 0 Å². The van der Waals surface area contributed by atoms with Crippen LogP contribution in [0.25, 0.3) is 0 Å². The van der Waals surface area contributed by atoms with E-state index < -0.39 is 5.97 Å². The highest BCUT2D eigenvalue weighted by Crippen LogP contribution is 2.20. The molecule has 0 heterocycles. The van der Waals surface area contributed by atoms with Crippen LogP contribution in [-0.4, -0.2) is 38.0 Å². The highest BCUT2D eigenvalue weighted by atomic mass is 16.5. The van der Waals surface area contributed by atoms with Gasteiger partial charge in [0.1, 0.15) is 11.3 Å². The van der Waals surface area contributed by atoms with Crippen LogP contribution >= 0.6 is 0 Å². The van der Waals surface area contributed by atoms with Crippen molar-refractivity contribution >= 4 is 5.97 Å².